The lowest BCUT2D eigenvalue weighted by atomic mass is 10.1. The summed E-state index contributed by atoms with van der Waals surface area (Å²) < 4.78 is 1.26. The van der Waals surface area contributed by atoms with E-state index in [1.807, 2.05) is 18.2 Å². The number of aliphatic imine (C=N–C) groups is 1. The first-order chi connectivity index (χ1) is 12.2. The maximum absolute atomic E-state index is 12.8. The fourth-order valence-corrected chi connectivity index (χ4v) is 3.39. The number of rotatable bonds is 2. The van der Waals surface area contributed by atoms with E-state index in [2.05, 4.69) is 15.4 Å². The summed E-state index contributed by atoms with van der Waals surface area (Å²) in [4.78, 5) is 29.7. The third-order valence-corrected chi connectivity index (χ3v) is 4.72. The average molecular weight is 350 g/mol. The summed E-state index contributed by atoms with van der Waals surface area (Å²) in [6.07, 6.45) is 0. The molecule has 0 aliphatic carbocycles. The highest BCUT2D eigenvalue weighted by Crippen LogP contribution is 2.16. The Labute approximate surface area is 147 Å². The Kier molecular flexibility index (Phi) is 4.07. The van der Waals surface area contributed by atoms with Crippen LogP contribution in [-0.2, 0) is 0 Å². The molecule has 2 aromatic carbocycles. The lowest BCUT2D eigenvalue weighted by Gasteiger charge is -2.11. The highest BCUT2D eigenvalue weighted by molar-refractivity contribution is 8.14. The van der Waals surface area contributed by atoms with Crippen molar-refractivity contribution in [1.82, 2.24) is 15.1 Å². The monoisotopic (exact) mass is 350 g/mol. The lowest BCUT2D eigenvalue weighted by molar-refractivity contribution is 0.0973. The van der Waals surface area contributed by atoms with E-state index in [0.717, 1.165) is 5.75 Å². The molecule has 1 aromatic heterocycles. The number of carbonyl (C=O) groups is 1. The van der Waals surface area contributed by atoms with Gasteiger partial charge in [0.2, 0.25) is 0 Å². The zero-order valence-corrected chi connectivity index (χ0v) is 14.0. The van der Waals surface area contributed by atoms with E-state index in [9.17, 15) is 9.59 Å². The van der Waals surface area contributed by atoms with E-state index in [0.29, 0.717) is 28.2 Å². The number of aromatic nitrogens is 2. The van der Waals surface area contributed by atoms with E-state index in [4.69, 9.17) is 0 Å². The average Bonchev–Trinajstić information content (AvgIpc) is 3.16. The summed E-state index contributed by atoms with van der Waals surface area (Å²) in [6, 6.07) is 16.1. The van der Waals surface area contributed by atoms with Gasteiger partial charge >= 0.3 is 0 Å². The Morgan fingerprint density at radius 1 is 1.04 bits per heavy atom. The van der Waals surface area contributed by atoms with Crippen molar-refractivity contribution in [3.05, 3.63) is 70.6 Å². The zero-order chi connectivity index (χ0) is 17.2. The molecule has 6 nitrogen and oxygen atoms in total. The van der Waals surface area contributed by atoms with E-state index < -0.39 is 0 Å². The fourth-order valence-electron chi connectivity index (χ4n) is 2.67. The molecule has 1 amide bonds. The lowest BCUT2D eigenvalue weighted by Crippen LogP contribution is -2.32. The van der Waals surface area contributed by atoms with Crippen LogP contribution in [0, 0.1) is 0 Å². The zero-order valence-electron chi connectivity index (χ0n) is 13.2. The van der Waals surface area contributed by atoms with Gasteiger partial charge in [-0.25, -0.2) is 0 Å². The number of nitrogens with one attached hydrogen (secondary N) is 1. The van der Waals surface area contributed by atoms with Gasteiger partial charge in [0.05, 0.1) is 17.6 Å². The number of benzene rings is 2. The van der Waals surface area contributed by atoms with Crippen LogP contribution < -0.4 is 10.9 Å². The number of amides is 1. The second-order valence-corrected chi connectivity index (χ2v) is 6.52. The van der Waals surface area contributed by atoms with Gasteiger partial charge in [-0.3, -0.25) is 19.9 Å². The third kappa shape index (κ3) is 2.94. The van der Waals surface area contributed by atoms with Crippen molar-refractivity contribution in [2.45, 2.75) is 0 Å². The van der Waals surface area contributed by atoms with E-state index in [1.54, 1.807) is 36.4 Å². The van der Waals surface area contributed by atoms with Gasteiger partial charge < -0.3 is 0 Å². The van der Waals surface area contributed by atoms with Crippen LogP contribution >= 0.6 is 11.8 Å². The van der Waals surface area contributed by atoms with E-state index in [-0.39, 0.29) is 17.2 Å². The summed E-state index contributed by atoms with van der Waals surface area (Å²) in [5.74, 6) is 0.488. The normalized spacial score (nSPS) is 13.7. The van der Waals surface area contributed by atoms with E-state index >= 15 is 0 Å². The number of carbonyl (C=O) groups excluding carboxylic acids is 1. The Bertz CT molecular complexity index is 1040. The number of hydrogen-bond acceptors (Lipinski definition) is 5. The predicted octanol–water partition coefficient (Wildman–Crippen LogP) is 2.22. The number of amidine groups is 1. The number of thioether (sulfide) groups is 1. The van der Waals surface area contributed by atoms with Crippen LogP contribution in [0.1, 0.15) is 10.5 Å². The van der Waals surface area contributed by atoms with Crippen molar-refractivity contribution in [2.24, 2.45) is 4.99 Å². The van der Waals surface area contributed by atoms with Crippen LogP contribution in [0.4, 0.5) is 0 Å². The Balaban J connectivity index is 1.89. The molecular weight excluding hydrogens is 336 g/mol. The molecule has 0 saturated heterocycles. The van der Waals surface area contributed by atoms with Gasteiger partial charge in [0.15, 0.2) is 10.9 Å². The number of hydrogen-bond donors (Lipinski definition) is 1. The Morgan fingerprint density at radius 2 is 1.76 bits per heavy atom. The van der Waals surface area contributed by atoms with Crippen LogP contribution in [0.3, 0.4) is 0 Å². The van der Waals surface area contributed by atoms with Crippen molar-refractivity contribution in [2.75, 3.05) is 12.3 Å². The van der Waals surface area contributed by atoms with Gasteiger partial charge in [-0.2, -0.15) is 9.78 Å². The molecule has 0 unspecified atom stereocenters. The topological polar surface area (TPSA) is 76.3 Å². The molecule has 3 aromatic rings. The molecule has 0 radical (unpaired) electrons. The second kappa shape index (κ2) is 6.52. The maximum Gasteiger partial charge on any atom is 0.279 e. The molecule has 7 heteroatoms. The largest absolute Gasteiger partial charge is 0.300 e. The molecule has 2 heterocycles. The quantitative estimate of drug-likeness (QED) is 0.769. The molecule has 1 N–H and O–H groups in total. The molecule has 0 bridgehead atoms. The first kappa shape index (κ1) is 15.6. The van der Waals surface area contributed by atoms with Crippen molar-refractivity contribution in [1.29, 1.82) is 0 Å². The summed E-state index contributed by atoms with van der Waals surface area (Å²) in [5, 5.41) is 8.69. The van der Waals surface area contributed by atoms with E-state index in [1.165, 1.54) is 16.4 Å². The molecule has 0 atom stereocenters. The van der Waals surface area contributed by atoms with Crippen LogP contribution in [0.5, 0.6) is 0 Å². The minimum atomic E-state index is -0.367. The Hall–Kier alpha value is -2.93. The highest BCUT2D eigenvalue weighted by Gasteiger charge is 2.19. The minimum absolute atomic E-state index is 0.203. The van der Waals surface area contributed by atoms with Crippen molar-refractivity contribution in [3.8, 4) is 5.69 Å². The van der Waals surface area contributed by atoms with Gasteiger partial charge in [-0.15, -0.1) is 0 Å². The molecule has 0 spiro atoms. The summed E-state index contributed by atoms with van der Waals surface area (Å²) in [5.41, 5.74) is 0.556. The first-order valence-electron chi connectivity index (χ1n) is 7.80. The van der Waals surface area contributed by atoms with Gasteiger partial charge in [-0.1, -0.05) is 48.2 Å². The smallest absolute Gasteiger partial charge is 0.279 e. The molecule has 124 valence electrons. The van der Waals surface area contributed by atoms with Crippen molar-refractivity contribution < 1.29 is 4.79 Å². The maximum atomic E-state index is 12.8. The van der Waals surface area contributed by atoms with Crippen LogP contribution in [0.2, 0.25) is 0 Å². The molecule has 0 fully saturated rings. The van der Waals surface area contributed by atoms with Gasteiger partial charge in [-0.05, 0) is 18.2 Å². The standard InChI is InChI=1S/C18H14N4O2S/c23-16(20-18-19-10-11-25-18)15-13-8-4-5-9-14(13)17(24)22(21-15)12-6-2-1-3-7-12/h1-9H,10-11H2,(H,19,20,23). The molecular formula is C18H14N4O2S. The van der Waals surface area contributed by atoms with Gasteiger partial charge in [0.1, 0.15) is 0 Å². The number of para-hydroxylation sites is 1. The highest BCUT2D eigenvalue weighted by atomic mass is 32.2. The van der Waals surface area contributed by atoms with Crippen molar-refractivity contribution in [3.63, 3.8) is 0 Å². The Morgan fingerprint density at radius 3 is 2.48 bits per heavy atom. The third-order valence-electron chi connectivity index (χ3n) is 3.83. The predicted molar refractivity (Wildman–Crippen MR) is 99.6 cm³/mol. The first-order valence-corrected chi connectivity index (χ1v) is 8.79. The molecule has 1 aliphatic rings. The summed E-state index contributed by atoms with van der Waals surface area (Å²) in [6.45, 7) is 0.692. The van der Waals surface area contributed by atoms with Crippen LogP contribution in [-0.4, -0.2) is 33.2 Å². The fraction of sp³-hybridized carbons (Fsp3) is 0.111. The SMILES string of the molecule is O=C(NC1=NCCS1)c1nn(-c2ccccc2)c(=O)c2ccccc12. The van der Waals surface area contributed by atoms with Crippen molar-refractivity contribution >= 4 is 33.6 Å². The minimum Gasteiger partial charge on any atom is -0.300 e. The van der Waals surface area contributed by atoms with Gasteiger partial charge in [0, 0.05) is 11.1 Å². The van der Waals surface area contributed by atoms with Crippen LogP contribution in [0.25, 0.3) is 16.5 Å². The number of nitrogens with zero attached hydrogens (tertiary/aromatic N) is 3. The molecule has 4 rings (SSSR count). The van der Waals surface area contributed by atoms with Gasteiger partial charge in [0.25, 0.3) is 11.5 Å². The molecule has 0 saturated carbocycles. The summed E-state index contributed by atoms with van der Waals surface area (Å²) in [7, 11) is 0. The second-order valence-electron chi connectivity index (χ2n) is 5.44. The van der Waals surface area contributed by atoms with Crippen LogP contribution in [0.15, 0.2) is 64.4 Å². The summed E-state index contributed by atoms with van der Waals surface area (Å²) >= 11 is 1.50. The number of fused-ring (bicyclic) bond motifs is 1. The molecule has 1 aliphatic heterocycles. The molecule has 25 heavy (non-hydrogen) atoms.